The smallest absolute Gasteiger partial charge is 0.302 e. The van der Waals surface area contributed by atoms with Gasteiger partial charge in [0.2, 0.25) is 11.0 Å². The van der Waals surface area contributed by atoms with Crippen LogP contribution in [0.15, 0.2) is 59.3 Å². The number of hydrogen-bond acceptors (Lipinski definition) is 9. The third-order valence-electron chi connectivity index (χ3n) is 6.20. The molecule has 0 unspecified atom stereocenters. The van der Waals surface area contributed by atoms with Crippen LogP contribution in [-0.4, -0.2) is 37.5 Å². The van der Waals surface area contributed by atoms with E-state index in [-0.39, 0.29) is 11.9 Å². The second kappa shape index (κ2) is 10.6. The normalized spacial score (nSPS) is 11.1. The van der Waals surface area contributed by atoms with E-state index in [0.717, 1.165) is 22.4 Å². The highest BCUT2D eigenvalue weighted by atomic mass is 32.1. The lowest BCUT2D eigenvalue weighted by Gasteiger charge is -2.15. The summed E-state index contributed by atoms with van der Waals surface area (Å²) in [4.78, 5) is 19.1. The minimum absolute atomic E-state index is 0.0791. The highest BCUT2D eigenvalue weighted by Crippen LogP contribution is 2.46. The molecule has 10 nitrogen and oxygen atoms in total. The number of nitrogens with two attached hydrogens (primary N) is 1. The Morgan fingerprint density at radius 3 is 2.31 bits per heavy atom. The molecule has 0 radical (unpaired) electrons. The molecule has 0 saturated carbocycles. The van der Waals surface area contributed by atoms with Gasteiger partial charge in [0.05, 0.1) is 32.7 Å². The van der Waals surface area contributed by atoms with Gasteiger partial charge in [-0.3, -0.25) is 14.6 Å². The minimum atomic E-state index is -0.417. The van der Waals surface area contributed by atoms with Crippen molar-refractivity contribution in [3.63, 3.8) is 0 Å². The topological polar surface area (TPSA) is 126 Å². The predicted octanol–water partition coefficient (Wildman–Crippen LogP) is 5.35. The summed E-state index contributed by atoms with van der Waals surface area (Å²) in [6.45, 7) is 3.91. The molecular weight excluding hydrogens is 518 g/mol. The first-order valence-corrected chi connectivity index (χ1v) is 12.9. The van der Waals surface area contributed by atoms with Crippen molar-refractivity contribution in [1.29, 1.82) is 0 Å². The van der Waals surface area contributed by atoms with E-state index in [1.807, 2.05) is 62.4 Å². The van der Waals surface area contributed by atoms with Crippen LogP contribution in [0.25, 0.3) is 32.6 Å². The molecule has 11 heteroatoms. The van der Waals surface area contributed by atoms with Crippen LogP contribution in [-0.2, 0) is 0 Å². The molecule has 0 aliphatic carbocycles. The van der Waals surface area contributed by atoms with Gasteiger partial charge >= 0.3 is 5.88 Å². The first-order chi connectivity index (χ1) is 18.8. The molecule has 3 aromatic heterocycles. The van der Waals surface area contributed by atoms with E-state index in [1.165, 1.54) is 11.3 Å². The molecule has 0 bridgehead atoms. The van der Waals surface area contributed by atoms with Crippen LogP contribution in [0, 0.1) is 0 Å². The lowest BCUT2D eigenvalue weighted by atomic mass is 9.98. The molecule has 0 aliphatic rings. The second-order valence-corrected chi connectivity index (χ2v) is 9.95. The molecule has 0 aliphatic heterocycles. The number of ether oxygens (including phenoxy) is 3. The Hall–Kier alpha value is -4.64. The Kier molecular flexibility index (Phi) is 7.07. The fourth-order valence-corrected chi connectivity index (χ4v) is 5.25. The van der Waals surface area contributed by atoms with Crippen molar-refractivity contribution in [3.8, 4) is 39.6 Å². The standard InChI is InChI=1S/C28H27N5O5S/c1-15(2)33-14-22(38-32-33)31-27(34)26-24(29)23-18(17-11-20(35-3)25(37-5)21(12-17)36-4)13-19(30-28(23)39-26)16-9-7-6-8-10-16/h6-15H,1-5H3,(H2-,29,31,32,34)/p+1. The zero-order valence-corrected chi connectivity index (χ0v) is 23.0. The van der Waals surface area contributed by atoms with E-state index in [2.05, 4.69) is 10.6 Å². The number of rotatable bonds is 8. The van der Waals surface area contributed by atoms with Gasteiger partial charge in [0.1, 0.15) is 9.71 Å². The van der Waals surface area contributed by atoms with Crippen molar-refractivity contribution in [2.24, 2.45) is 0 Å². The monoisotopic (exact) mass is 546 g/mol. The maximum Gasteiger partial charge on any atom is 0.302 e. The zero-order valence-electron chi connectivity index (χ0n) is 22.1. The predicted molar refractivity (Wildman–Crippen MR) is 150 cm³/mol. The fourth-order valence-electron chi connectivity index (χ4n) is 4.24. The molecule has 1 amide bonds. The lowest BCUT2D eigenvalue weighted by Crippen LogP contribution is -2.36. The summed E-state index contributed by atoms with van der Waals surface area (Å²) >= 11 is 1.21. The molecule has 5 rings (SSSR count). The van der Waals surface area contributed by atoms with E-state index in [0.29, 0.717) is 38.0 Å². The number of fused-ring (bicyclic) bond motifs is 1. The van der Waals surface area contributed by atoms with Crippen molar-refractivity contribution in [2.75, 3.05) is 32.4 Å². The number of anilines is 2. The van der Waals surface area contributed by atoms with Gasteiger partial charge in [-0.1, -0.05) is 30.3 Å². The Labute approximate surface area is 228 Å². The van der Waals surface area contributed by atoms with Crippen LogP contribution in [0.5, 0.6) is 17.2 Å². The average molecular weight is 547 g/mol. The number of pyridine rings is 1. The molecule has 5 aromatic rings. The van der Waals surface area contributed by atoms with E-state index in [9.17, 15) is 4.79 Å². The second-order valence-electron chi connectivity index (χ2n) is 8.95. The molecule has 0 spiro atoms. The van der Waals surface area contributed by atoms with Crippen molar-refractivity contribution >= 4 is 39.0 Å². The number of nitrogens with zero attached hydrogens (tertiary/aromatic N) is 3. The van der Waals surface area contributed by atoms with Crippen LogP contribution < -0.4 is 29.9 Å². The Morgan fingerprint density at radius 2 is 1.72 bits per heavy atom. The van der Waals surface area contributed by atoms with Crippen LogP contribution >= 0.6 is 11.3 Å². The van der Waals surface area contributed by atoms with Crippen molar-refractivity contribution in [1.82, 2.24) is 10.3 Å². The van der Waals surface area contributed by atoms with Crippen LogP contribution in [0.3, 0.4) is 0 Å². The summed E-state index contributed by atoms with van der Waals surface area (Å²) in [6, 6.07) is 15.5. The van der Waals surface area contributed by atoms with Gasteiger partial charge in [-0.2, -0.15) is 0 Å². The highest BCUT2D eigenvalue weighted by Gasteiger charge is 2.25. The quantitative estimate of drug-likeness (QED) is 0.250. The molecular formula is C28H28N5O5S+. The summed E-state index contributed by atoms with van der Waals surface area (Å²) < 4.78 is 23.6. The highest BCUT2D eigenvalue weighted by molar-refractivity contribution is 7.21. The Balaban J connectivity index is 1.69. The maximum absolute atomic E-state index is 13.3. The summed E-state index contributed by atoms with van der Waals surface area (Å²) in [5.74, 6) is 1.26. The third kappa shape index (κ3) is 4.84. The van der Waals surface area contributed by atoms with Crippen LogP contribution in [0.4, 0.5) is 11.6 Å². The van der Waals surface area contributed by atoms with Crippen molar-refractivity contribution in [2.45, 2.75) is 19.9 Å². The number of aromatic nitrogens is 3. The molecule has 39 heavy (non-hydrogen) atoms. The van der Waals surface area contributed by atoms with Crippen LogP contribution in [0.2, 0.25) is 0 Å². The van der Waals surface area contributed by atoms with E-state index in [4.69, 9.17) is 29.5 Å². The number of nitrogen functional groups attached to an aromatic ring is 1. The van der Waals surface area contributed by atoms with Gasteiger partial charge in [-0.05, 0) is 47.9 Å². The van der Waals surface area contributed by atoms with E-state index >= 15 is 0 Å². The number of hydrogen-bond donors (Lipinski definition) is 2. The van der Waals surface area contributed by atoms with Gasteiger partial charge in [-0.25, -0.2) is 4.98 Å². The number of methoxy groups -OCH3 is 3. The molecule has 0 fully saturated rings. The van der Waals surface area contributed by atoms with Gasteiger partial charge in [0.25, 0.3) is 12.1 Å². The molecule has 3 heterocycles. The number of carbonyl (C=O) groups excluding carboxylic acids is 1. The number of carbonyl (C=O) groups is 1. The maximum atomic E-state index is 13.3. The first-order valence-electron chi connectivity index (χ1n) is 12.1. The summed E-state index contributed by atoms with van der Waals surface area (Å²) in [6.07, 6.45) is 1.62. The average Bonchev–Trinajstić information content (AvgIpc) is 3.56. The summed E-state index contributed by atoms with van der Waals surface area (Å²) in [5.41, 5.74) is 10.1. The fraction of sp³-hybridized carbons (Fsp3) is 0.214. The van der Waals surface area contributed by atoms with Gasteiger partial charge in [0, 0.05) is 10.9 Å². The zero-order chi connectivity index (χ0) is 27.7. The van der Waals surface area contributed by atoms with E-state index in [1.54, 1.807) is 32.2 Å². The molecule has 200 valence electrons. The molecule has 3 N–H and O–H groups in total. The number of thiophene rings is 1. The van der Waals surface area contributed by atoms with Gasteiger partial charge in [-0.15, -0.1) is 11.3 Å². The van der Waals surface area contributed by atoms with Crippen molar-refractivity contribution in [3.05, 3.63) is 59.6 Å². The van der Waals surface area contributed by atoms with Gasteiger partial charge < -0.3 is 19.9 Å². The Bertz CT molecular complexity index is 1640. The van der Waals surface area contributed by atoms with Crippen molar-refractivity contribution < 1.29 is 28.2 Å². The number of benzene rings is 2. The largest absolute Gasteiger partial charge is 0.493 e. The summed E-state index contributed by atoms with van der Waals surface area (Å²) in [5, 5.41) is 7.32. The number of nitrogens with one attached hydrogen (secondary N) is 1. The molecule has 0 atom stereocenters. The Morgan fingerprint density at radius 1 is 1.03 bits per heavy atom. The number of amides is 1. The van der Waals surface area contributed by atoms with Gasteiger partial charge in [0.15, 0.2) is 17.5 Å². The lowest BCUT2D eigenvalue weighted by molar-refractivity contribution is -0.779. The summed E-state index contributed by atoms with van der Waals surface area (Å²) in [7, 11) is 4.68. The van der Waals surface area contributed by atoms with E-state index < -0.39 is 5.91 Å². The molecule has 0 saturated heterocycles. The first kappa shape index (κ1) is 26.0. The molecule has 2 aromatic carbocycles. The third-order valence-corrected chi connectivity index (χ3v) is 7.30. The SMILES string of the molecule is COc1cc(-c2cc(-c3ccccc3)nc3sc(C(=O)Nc4c[n+](C(C)C)no4)c(N)c23)cc(OC)c1OC. The van der Waals surface area contributed by atoms with Crippen LogP contribution in [0.1, 0.15) is 29.6 Å². The minimum Gasteiger partial charge on any atom is -0.493 e.